The van der Waals surface area contributed by atoms with Gasteiger partial charge >= 0.3 is 0 Å². The lowest BCUT2D eigenvalue weighted by Crippen LogP contribution is -2.23. The van der Waals surface area contributed by atoms with Gasteiger partial charge in [-0.25, -0.2) is 9.37 Å². The summed E-state index contributed by atoms with van der Waals surface area (Å²) in [4.78, 5) is 18.4. The zero-order chi connectivity index (χ0) is 16.4. The zero-order valence-corrected chi connectivity index (χ0v) is 14.8. The maximum Gasteiger partial charge on any atom is 0.272 e. The van der Waals surface area contributed by atoms with Gasteiger partial charge in [0.25, 0.3) is 5.56 Å². The van der Waals surface area contributed by atoms with Gasteiger partial charge in [-0.2, -0.15) is 0 Å². The second-order valence-electron chi connectivity index (χ2n) is 5.62. The number of fused-ring (bicyclic) bond motifs is 1. The van der Waals surface area contributed by atoms with Crippen molar-refractivity contribution in [3.8, 4) is 5.69 Å². The number of thioether (sulfide) groups is 2. The monoisotopic (exact) mass is 350 g/mol. The molecule has 2 aromatic rings. The molecule has 3 rings (SSSR count). The Morgan fingerprint density at radius 1 is 1.39 bits per heavy atom. The summed E-state index contributed by atoms with van der Waals surface area (Å²) in [6.07, 6.45) is 3.01. The molecule has 0 bridgehead atoms. The molecule has 0 N–H and O–H groups in total. The highest BCUT2D eigenvalue weighted by molar-refractivity contribution is 8.00. The van der Waals surface area contributed by atoms with Gasteiger partial charge in [0, 0.05) is 17.4 Å². The van der Waals surface area contributed by atoms with E-state index >= 15 is 0 Å². The van der Waals surface area contributed by atoms with Gasteiger partial charge < -0.3 is 0 Å². The number of unbranched alkanes of at least 4 members (excludes halogenated alkanes) is 1. The minimum Gasteiger partial charge on any atom is -0.268 e. The molecule has 0 saturated heterocycles. The van der Waals surface area contributed by atoms with Crippen LogP contribution in [0.1, 0.15) is 32.4 Å². The Morgan fingerprint density at radius 3 is 2.83 bits per heavy atom. The van der Waals surface area contributed by atoms with Crippen LogP contribution in [0.3, 0.4) is 0 Å². The molecule has 2 heterocycles. The van der Waals surface area contributed by atoms with E-state index in [-0.39, 0.29) is 11.4 Å². The number of rotatable bonds is 5. The van der Waals surface area contributed by atoms with Gasteiger partial charge in [0.1, 0.15) is 5.82 Å². The molecule has 122 valence electrons. The Hall–Kier alpha value is -1.27. The summed E-state index contributed by atoms with van der Waals surface area (Å²) in [5, 5.41) is 1.09. The second-order valence-corrected chi connectivity index (χ2v) is 8.13. The van der Waals surface area contributed by atoms with Crippen molar-refractivity contribution in [2.24, 2.45) is 0 Å². The fourth-order valence-corrected chi connectivity index (χ4v) is 4.73. The molecule has 1 atom stereocenters. The predicted octanol–water partition coefficient (Wildman–Crippen LogP) is 4.30. The van der Waals surface area contributed by atoms with Crippen molar-refractivity contribution in [2.75, 3.05) is 5.75 Å². The summed E-state index contributed by atoms with van der Waals surface area (Å²) in [6, 6.07) is 6.03. The first-order valence-corrected chi connectivity index (χ1v) is 9.68. The fraction of sp³-hybridized carbons (Fsp3) is 0.412. The lowest BCUT2D eigenvalue weighted by molar-refractivity contribution is 0.626. The third-order valence-electron chi connectivity index (χ3n) is 3.70. The molecule has 0 amide bonds. The first-order chi connectivity index (χ1) is 11.1. The van der Waals surface area contributed by atoms with Crippen LogP contribution in [-0.4, -0.2) is 20.6 Å². The summed E-state index contributed by atoms with van der Waals surface area (Å²) in [6.45, 7) is 4.25. The van der Waals surface area contributed by atoms with E-state index in [9.17, 15) is 9.18 Å². The normalized spacial score (nSPS) is 16.6. The van der Waals surface area contributed by atoms with Gasteiger partial charge in [0.15, 0.2) is 5.16 Å². The largest absolute Gasteiger partial charge is 0.272 e. The minimum absolute atomic E-state index is 0.0324. The topological polar surface area (TPSA) is 34.9 Å². The Morgan fingerprint density at radius 2 is 2.13 bits per heavy atom. The highest BCUT2D eigenvalue weighted by atomic mass is 32.2. The van der Waals surface area contributed by atoms with Crippen LogP contribution in [0.2, 0.25) is 0 Å². The Kier molecular flexibility index (Phi) is 5.11. The molecule has 0 aliphatic carbocycles. The average Bonchev–Trinajstić information content (AvgIpc) is 2.90. The first-order valence-electron chi connectivity index (χ1n) is 7.81. The summed E-state index contributed by atoms with van der Waals surface area (Å²) in [7, 11) is 0. The van der Waals surface area contributed by atoms with E-state index in [0.29, 0.717) is 16.1 Å². The summed E-state index contributed by atoms with van der Waals surface area (Å²) in [5.41, 5.74) is 1.55. The maximum absolute atomic E-state index is 13.2. The Labute approximate surface area is 143 Å². The smallest absolute Gasteiger partial charge is 0.268 e. The van der Waals surface area contributed by atoms with Crippen molar-refractivity contribution in [1.29, 1.82) is 0 Å². The van der Waals surface area contributed by atoms with Crippen LogP contribution in [-0.2, 0) is 6.42 Å². The number of nitrogens with zero attached hydrogens (tertiary/aromatic N) is 2. The lowest BCUT2D eigenvalue weighted by atomic mass is 10.2. The number of halogens is 1. The van der Waals surface area contributed by atoms with Crippen molar-refractivity contribution in [3.05, 3.63) is 46.1 Å². The SMILES string of the molecule is CCCCSc1nc2c(c(=O)n1-c1ccc(F)cc1)SC(C)C2. The van der Waals surface area contributed by atoms with E-state index in [0.717, 1.165) is 35.6 Å². The van der Waals surface area contributed by atoms with E-state index in [2.05, 4.69) is 13.8 Å². The van der Waals surface area contributed by atoms with E-state index in [1.54, 1.807) is 40.2 Å². The average molecular weight is 350 g/mol. The van der Waals surface area contributed by atoms with Gasteiger partial charge in [-0.15, -0.1) is 11.8 Å². The Bertz CT molecular complexity index is 758. The zero-order valence-electron chi connectivity index (χ0n) is 13.2. The summed E-state index contributed by atoms with van der Waals surface area (Å²) >= 11 is 3.19. The summed E-state index contributed by atoms with van der Waals surface area (Å²) < 4.78 is 14.8. The number of hydrogen-bond donors (Lipinski definition) is 0. The number of aromatic nitrogens is 2. The molecule has 0 saturated carbocycles. The third kappa shape index (κ3) is 3.48. The predicted molar refractivity (Wildman–Crippen MR) is 94.4 cm³/mol. The standard InChI is InChI=1S/C17H19FN2OS2/c1-3-4-9-22-17-19-14-10-11(2)23-15(14)16(21)20(17)13-7-5-12(18)6-8-13/h5-8,11H,3-4,9-10H2,1-2H3. The van der Waals surface area contributed by atoms with E-state index in [1.165, 1.54) is 12.1 Å². The van der Waals surface area contributed by atoms with Crippen LogP contribution in [0.25, 0.3) is 5.69 Å². The lowest BCUT2D eigenvalue weighted by Gasteiger charge is -2.13. The molecule has 6 heteroatoms. The van der Waals surface area contributed by atoms with E-state index in [4.69, 9.17) is 4.98 Å². The van der Waals surface area contributed by atoms with Crippen LogP contribution in [0.4, 0.5) is 4.39 Å². The molecular formula is C17H19FN2OS2. The van der Waals surface area contributed by atoms with Crippen LogP contribution < -0.4 is 5.56 Å². The van der Waals surface area contributed by atoms with Crippen molar-refractivity contribution < 1.29 is 4.39 Å². The van der Waals surface area contributed by atoms with Crippen molar-refractivity contribution >= 4 is 23.5 Å². The molecule has 23 heavy (non-hydrogen) atoms. The molecule has 3 nitrogen and oxygen atoms in total. The highest BCUT2D eigenvalue weighted by Gasteiger charge is 2.26. The first kappa shape index (κ1) is 16.6. The van der Waals surface area contributed by atoms with Crippen LogP contribution >= 0.6 is 23.5 Å². The Balaban J connectivity index is 2.09. The van der Waals surface area contributed by atoms with Crippen molar-refractivity contribution in [2.45, 2.75) is 48.4 Å². The highest BCUT2D eigenvalue weighted by Crippen LogP contribution is 2.34. The van der Waals surface area contributed by atoms with E-state index < -0.39 is 0 Å². The molecule has 1 aliphatic rings. The molecule has 0 radical (unpaired) electrons. The number of benzene rings is 1. The van der Waals surface area contributed by atoms with Gasteiger partial charge in [-0.1, -0.05) is 32.0 Å². The third-order valence-corrected chi connectivity index (χ3v) is 5.93. The molecule has 1 aromatic carbocycles. The summed E-state index contributed by atoms with van der Waals surface area (Å²) in [5.74, 6) is 0.616. The van der Waals surface area contributed by atoms with Gasteiger partial charge in [-0.05, 0) is 30.7 Å². The number of hydrogen-bond acceptors (Lipinski definition) is 4. The molecule has 0 fully saturated rings. The van der Waals surface area contributed by atoms with Crippen molar-refractivity contribution in [1.82, 2.24) is 9.55 Å². The maximum atomic E-state index is 13.2. The fourth-order valence-electron chi connectivity index (χ4n) is 2.52. The van der Waals surface area contributed by atoms with E-state index in [1.807, 2.05) is 0 Å². The molecule has 1 unspecified atom stereocenters. The van der Waals surface area contributed by atoms with Crippen LogP contribution in [0.5, 0.6) is 0 Å². The molecular weight excluding hydrogens is 331 g/mol. The molecule has 1 aromatic heterocycles. The van der Waals surface area contributed by atoms with Gasteiger partial charge in [-0.3, -0.25) is 9.36 Å². The van der Waals surface area contributed by atoms with Gasteiger partial charge in [0.2, 0.25) is 0 Å². The molecule has 0 spiro atoms. The van der Waals surface area contributed by atoms with Gasteiger partial charge in [0.05, 0.1) is 16.3 Å². The van der Waals surface area contributed by atoms with Crippen molar-refractivity contribution in [3.63, 3.8) is 0 Å². The quantitative estimate of drug-likeness (QED) is 0.457. The second kappa shape index (κ2) is 7.09. The van der Waals surface area contributed by atoms with Crippen LogP contribution in [0, 0.1) is 5.82 Å². The minimum atomic E-state index is -0.306. The molecule has 1 aliphatic heterocycles. The van der Waals surface area contributed by atoms with Crippen LogP contribution in [0.15, 0.2) is 39.1 Å².